The van der Waals surface area contributed by atoms with Crippen LogP contribution in [0, 0.1) is 17.1 Å². The van der Waals surface area contributed by atoms with Gasteiger partial charge in [-0.15, -0.1) is 0 Å². The lowest BCUT2D eigenvalue weighted by molar-refractivity contribution is 0.0928. The largest absolute Gasteiger partial charge is 0.481 e. The van der Waals surface area contributed by atoms with Gasteiger partial charge in [0.25, 0.3) is 5.91 Å². The fourth-order valence-electron chi connectivity index (χ4n) is 3.48. The van der Waals surface area contributed by atoms with Crippen molar-refractivity contribution in [2.24, 2.45) is 0 Å². The molecule has 3 aromatic rings. The molecule has 1 N–H and O–H groups in total. The SMILES string of the molecule is COc1cc(-c2cc3n(n2)CCC[C@H]3NC(=O)c2cc(F)cc(C#N)c2)ccn1. The van der Waals surface area contributed by atoms with Crippen LogP contribution in [-0.4, -0.2) is 27.8 Å². The van der Waals surface area contributed by atoms with Gasteiger partial charge in [-0.3, -0.25) is 9.48 Å². The molecule has 0 radical (unpaired) electrons. The number of nitrogens with one attached hydrogen (secondary N) is 1. The van der Waals surface area contributed by atoms with Crippen molar-refractivity contribution < 1.29 is 13.9 Å². The Bertz CT molecular complexity index is 1120. The highest BCUT2D eigenvalue weighted by atomic mass is 19.1. The van der Waals surface area contributed by atoms with Crippen molar-refractivity contribution >= 4 is 5.91 Å². The lowest BCUT2D eigenvalue weighted by Gasteiger charge is -2.24. The zero-order chi connectivity index (χ0) is 20.4. The van der Waals surface area contributed by atoms with Crippen LogP contribution in [0.25, 0.3) is 11.3 Å². The zero-order valence-electron chi connectivity index (χ0n) is 15.7. The number of nitriles is 1. The second-order valence-corrected chi connectivity index (χ2v) is 6.77. The number of aromatic nitrogens is 3. The van der Waals surface area contributed by atoms with Gasteiger partial charge in [-0.1, -0.05) is 0 Å². The van der Waals surface area contributed by atoms with E-state index in [0.717, 1.165) is 48.5 Å². The second-order valence-electron chi connectivity index (χ2n) is 6.77. The number of ether oxygens (including phenoxy) is 1. The highest BCUT2D eigenvalue weighted by molar-refractivity contribution is 5.94. The van der Waals surface area contributed by atoms with E-state index in [-0.39, 0.29) is 17.2 Å². The van der Waals surface area contributed by atoms with Crippen LogP contribution in [0.2, 0.25) is 0 Å². The number of carbonyl (C=O) groups is 1. The van der Waals surface area contributed by atoms with Crippen molar-refractivity contribution in [1.82, 2.24) is 20.1 Å². The number of hydrogen-bond acceptors (Lipinski definition) is 5. The predicted octanol–water partition coefficient (Wildman–Crippen LogP) is 3.23. The Kier molecular flexibility index (Phi) is 4.96. The molecule has 146 valence electrons. The van der Waals surface area contributed by atoms with Crippen LogP contribution >= 0.6 is 0 Å². The van der Waals surface area contributed by atoms with Gasteiger partial charge in [0.1, 0.15) is 5.82 Å². The maximum Gasteiger partial charge on any atom is 0.251 e. The van der Waals surface area contributed by atoms with Crippen LogP contribution in [0.4, 0.5) is 4.39 Å². The second kappa shape index (κ2) is 7.72. The van der Waals surface area contributed by atoms with Crippen LogP contribution in [0.3, 0.4) is 0 Å². The van der Waals surface area contributed by atoms with Gasteiger partial charge in [-0.2, -0.15) is 10.4 Å². The highest BCUT2D eigenvalue weighted by Gasteiger charge is 2.25. The smallest absolute Gasteiger partial charge is 0.251 e. The molecular weight excluding hydrogens is 373 g/mol. The molecule has 1 aliphatic heterocycles. The van der Waals surface area contributed by atoms with E-state index < -0.39 is 11.7 Å². The first-order valence-electron chi connectivity index (χ1n) is 9.17. The summed E-state index contributed by atoms with van der Waals surface area (Å²) in [5.41, 5.74) is 2.74. The van der Waals surface area contributed by atoms with Gasteiger partial charge >= 0.3 is 0 Å². The average Bonchev–Trinajstić information content (AvgIpc) is 3.18. The average molecular weight is 391 g/mol. The van der Waals surface area contributed by atoms with Gasteiger partial charge < -0.3 is 10.1 Å². The Labute approximate surface area is 166 Å². The number of fused-ring (bicyclic) bond motifs is 1. The molecule has 1 atom stereocenters. The van der Waals surface area contributed by atoms with E-state index in [1.807, 2.05) is 22.9 Å². The van der Waals surface area contributed by atoms with Gasteiger partial charge in [0.2, 0.25) is 5.88 Å². The standard InChI is InChI=1S/C21H18FN5O2/c1-29-20-10-14(4-5-24-20)18-11-19-17(3-2-6-27(19)26-18)25-21(28)15-7-13(12-23)8-16(22)9-15/h4-5,7-11,17H,2-3,6H2,1H3,(H,25,28)/t17-/m1/s1. The summed E-state index contributed by atoms with van der Waals surface area (Å²) in [5.74, 6) is -0.540. The molecule has 0 saturated carbocycles. The monoisotopic (exact) mass is 391 g/mol. The number of carbonyl (C=O) groups excluding carboxylic acids is 1. The summed E-state index contributed by atoms with van der Waals surface area (Å²) in [5, 5.41) is 16.6. The number of methoxy groups -OCH3 is 1. The molecule has 0 spiro atoms. The van der Waals surface area contributed by atoms with Crippen LogP contribution in [0.15, 0.2) is 42.6 Å². The summed E-state index contributed by atoms with van der Waals surface area (Å²) in [7, 11) is 1.56. The molecule has 1 aromatic carbocycles. The van der Waals surface area contributed by atoms with Crippen molar-refractivity contribution in [3.05, 3.63) is 65.2 Å². The lowest BCUT2D eigenvalue weighted by atomic mass is 10.0. The van der Waals surface area contributed by atoms with E-state index in [2.05, 4.69) is 15.4 Å². The Balaban J connectivity index is 1.60. The number of rotatable bonds is 4. The molecule has 29 heavy (non-hydrogen) atoms. The van der Waals surface area contributed by atoms with Gasteiger partial charge in [0.05, 0.1) is 36.2 Å². The maximum atomic E-state index is 13.7. The van der Waals surface area contributed by atoms with Gasteiger partial charge in [0, 0.05) is 29.9 Å². The Hall–Kier alpha value is -3.73. The number of amides is 1. The third-order valence-electron chi connectivity index (χ3n) is 4.86. The molecule has 0 aliphatic carbocycles. The molecule has 1 aliphatic rings. The highest BCUT2D eigenvalue weighted by Crippen LogP contribution is 2.30. The number of aryl methyl sites for hydroxylation is 1. The Morgan fingerprint density at radius 3 is 3.00 bits per heavy atom. The van der Waals surface area contributed by atoms with E-state index in [1.54, 1.807) is 19.4 Å². The lowest BCUT2D eigenvalue weighted by Crippen LogP contribution is -2.32. The zero-order valence-corrected chi connectivity index (χ0v) is 15.7. The molecular formula is C21H18FN5O2. The summed E-state index contributed by atoms with van der Waals surface area (Å²) in [6, 6.07) is 10.8. The molecule has 2 aromatic heterocycles. The first kappa shape index (κ1) is 18.6. The molecule has 0 fully saturated rings. The summed E-state index contributed by atoms with van der Waals surface area (Å²) < 4.78 is 20.7. The Morgan fingerprint density at radius 1 is 1.34 bits per heavy atom. The molecule has 7 nitrogen and oxygen atoms in total. The van der Waals surface area contributed by atoms with E-state index in [0.29, 0.717) is 5.88 Å². The maximum absolute atomic E-state index is 13.7. The van der Waals surface area contributed by atoms with Crippen LogP contribution in [0.5, 0.6) is 5.88 Å². The first-order valence-corrected chi connectivity index (χ1v) is 9.17. The third kappa shape index (κ3) is 3.80. The topological polar surface area (TPSA) is 92.8 Å². The van der Waals surface area contributed by atoms with Crippen molar-refractivity contribution in [2.45, 2.75) is 25.4 Å². The van der Waals surface area contributed by atoms with Crippen molar-refractivity contribution in [3.63, 3.8) is 0 Å². The van der Waals surface area contributed by atoms with E-state index in [1.165, 1.54) is 6.07 Å². The molecule has 0 bridgehead atoms. The minimum absolute atomic E-state index is 0.109. The fraction of sp³-hybridized carbons (Fsp3) is 0.238. The van der Waals surface area contributed by atoms with Crippen molar-refractivity contribution in [2.75, 3.05) is 7.11 Å². The van der Waals surface area contributed by atoms with Crippen LogP contribution in [-0.2, 0) is 6.54 Å². The predicted molar refractivity (Wildman–Crippen MR) is 103 cm³/mol. The molecule has 1 amide bonds. The van der Waals surface area contributed by atoms with Crippen molar-refractivity contribution in [1.29, 1.82) is 5.26 Å². The fourth-order valence-corrected chi connectivity index (χ4v) is 3.48. The van der Waals surface area contributed by atoms with Crippen LogP contribution in [0.1, 0.15) is 40.5 Å². The minimum atomic E-state index is -0.614. The van der Waals surface area contributed by atoms with E-state index in [4.69, 9.17) is 10.00 Å². The summed E-state index contributed by atoms with van der Waals surface area (Å²) in [6.45, 7) is 0.752. The van der Waals surface area contributed by atoms with Gasteiger partial charge in [0.15, 0.2) is 0 Å². The van der Waals surface area contributed by atoms with Gasteiger partial charge in [-0.05, 0) is 43.2 Å². The normalized spacial score (nSPS) is 15.3. The van der Waals surface area contributed by atoms with E-state index >= 15 is 0 Å². The number of pyridine rings is 1. The van der Waals surface area contributed by atoms with Crippen LogP contribution < -0.4 is 10.1 Å². The summed E-state index contributed by atoms with van der Waals surface area (Å²) in [4.78, 5) is 16.8. The number of halogens is 1. The number of nitrogens with zero attached hydrogens (tertiary/aromatic N) is 4. The molecule has 4 rings (SSSR count). The first-order chi connectivity index (χ1) is 14.1. The molecule has 8 heteroatoms. The molecule has 0 unspecified atom stereocenters. The van der Waals surface area contributed by atoms with Crippen molar-refractivity contribution in [3.8, 4) is 23.2 Å². The minimum Gasteiger partial charge on any atom is -0.481 e. The number of benzene rings is 1. The van der Waals surface area contributed by atoms with E-state index in [9.17, 15) is 9.18 Å². The number of hydrogen-bond donors (Lipinski definition) is 1. The Morgan fingerprint density at radius 2 is 2.21 bits per heavy atom. The molecule has 0 saturated heterocycles. The van der Waals surface area contributed by atoms with Gasteiger partial charge in [-0.25, -0.2) is 9.37 Å². The molecule has 3 heterocycles. The summed E-state index contributed by atoms with van der Waals surface area (Å²) in [6.07, 6.45) is 3.25. The quantitative estimate of drug-likeness (QED) is 0.737. The third-order valence-corrected chi connectivity index (χ3v) is 4.86. The summed E-state index contributed by atoms with van der Waals surface area (Å²) >= 11 is 0.